The van der Waals surface area contributed by atoms with Crippen molar-refractivity contribution in [2.75, 3.05) is 0 Å². The summed E-state index contributed by atoms with van der Waals surface area (Å²) in [6.45, 7) is 5.38. The van der Waals surface area contributed by atoms with Crippen molar-refractivity contribution in [3.63, 3.8) is 0 Å². The largest absolute Gasteiger partial charge is 0.454 e. The van der Waals surface area contributed by atoms with E-state index in [2.05, 4.69) is 25.9 Å². The second kappa shape index (κ2) is 4.04. The van der Waals surface area contributed by atoms with Crippen molar-refractivity contribution >= 4 is 21.9 Å². The number of esters is 1. The molecule has 1 aromatic rings. The van der Waals surface area contributed by atoms with E-state index < -0.39 is 11.6 Å². The van der Waals surface area contributed by atoms with Crippen LogP contribution in [0.25, 0.3) is 0 Å². The third kappa shape index (κ3) is 3.41. The molecule has 0 aliphatic heterocycles. The van der Waals surface area contributed by atoms with Crippen molar-refractivity contribution in [1.82, 2.24) is 9.97 Å². The third-order valence-electron chi connectivity index (χ3n) is 1.20. The summed E-state index contributed by atoms with van der Waals surface area (Å²) >= 11 is 3.15. The Hall–Kier alpha value is -0.970. The lowest BCUT2D eigenvalue weighted by atomic mass is 10.2. The van der Waals surface area contributed by atoms with E-state index in [1.165, 1.54) is 6.20 Å². The number of aromatic nitrogens is 2. The molecule has 1 aromatic heterocycles. The molecule has 0 radical (unpaired) electrons. The Labute approximate surface area is 90.8 Å². The number of carbonyl (C=O) groups excluding carboxylic acids is 1. The van der Waals surface area contributed by atoms with Crippen LogP contribution in [-0.4, -0.2) is 21.5 Å². The maximum Gasteiger partial charge on any atom is 0.376 e. The molecule has 0 aliphatic carbocycles. The summed E-state index contributed by atoms with van der Waals surface area (Å²) in [5, 5.41) is 0. The van der Waals surface area contributed by atoms with Gasteiger partial charge in [-0.25, -0.2) is 14.8 Å². The van der Waals surface area contributed by atoms with E-state index in [0.29, 0.717) is 4.60 Å². The monoisotopic (exact) mass is 258 g/mol. The van der Waals surface area contributed by atoms with Crippen LogP contribution in [0.3, 0.4) is 0 Å². The lowest BCUT2D eigenvalue weighted by Gasteiger charge is -2.18. The van der Waals surface area contributed by atoms with E-state index >= 15 is 0 Å². The van der Waals surface area contributed by atoms with Crippen LogP contribution in [0.2, 0.25) is 0 Å². The van der Waals surface area contributed by atoms with Gasteiger partial charge in [-0.1, -0.05) is 0 Å². The molecule has 4 nitrogen and oxygen atoms in total. The fourth-order valence-corrected chi connectivity index (χ4v) is 1.04. The molecule has 0 spiro atoms. The van der Waals surface area contributed by atoms with E-state index in [9.17, 15) is 4.79 Å². The third-order valence-corrected chi connectivity index (χ3v) is 1.64. The Morgan fingerprint density at radius 3 is 2.64 bits per heavy atom. The van der Waals surface area contributed by atoms with Crippen LogP contribution < -0.4 is 0 Å². The van der Waals surface area contributed by atoms with Crippen LogP contribution in [0, 0.1) is 0 Å². The Morgan fingerprint density at radius 2 is 2.14 bits per heavy atom. The molecule has 0 N–H and O–H groups in total. The van der Waals surface area contributed by atoms with Crippen molar-refractivity contribution in [1.29, 1.82) is 0 Å². The smallest absolute Gasteiger partial charge is 0.376 e. The molecule has 0 saturated heterocycles. The van der Waals surface area contributed by atoms with Crippen molar-refractivity contribution < 1.29 is 9.53 Å². The van der Waals surface area contributed by atoms with Crippen LogP contribution in [0.15, 0.2) is 16.9 Å². The minimum Gasteiger partial charge on any atom is -0.454 e. The van der Waals surface area contributed by atoms with Gasteiger partial charge in [-0.05, 0) is 42.8 Å². The summed E-state index contributed by atoms with van der Waals surface area (Å²) in [5.41, 5.74) is -0.525. The zero-order valence-electron chi connectivity index (χ0n) is 8.24. The SMILES string of the molecule is CC(C)(C)OC(=O)c1nccc(Br)n1. The standard InChI is InChI=1S/C9H11BrN2O2/c1-9(2,3)14-8(13)7-11-5-4-6(10)12-7/h4-5H,1-3H3. The maximum absolute atomic E-state index is 11.4. The molecule has 76 valence electrons. The minimum absolute atomic E-state index is 0.0642. The minimum atomic E-state index is -0.525. The van der Waals surface area contributed by atoms with Crippen LogP contribution in [0.1, 0.15) is 31.4 Å². The second-order valence-electron chi connectivity index (χ2n) is 3.70. The van der Waals surface area contributed by atoms with Gasteiger partial charge < -0.3 is 4.74 Å². The number of rotatable bonds is 1. The Bertz CT molecular complexity index is 347. The highest BCUT2D eigenvalue weighted by atomic mass is 79.9. The van der Waals surface area contributed by atoms with E-state index in [-0.39, 0.29) is 5.82 Å². The highest BCUT2D eigenvalue weighted by Gasteiger charge is 2.19. The van der Waals surface area contributed by atoms with Gasteiger partial charge in [0.15, 0.2) is 0 Å². The van der Waals surface area contributed by atoms with Crippen molar-refractivity contribution in [3.05, 3.63) is 22.7 Å². The van der Waals surface area contributed by atoms with Gasteiger partial charge in [0.1, 0.15) is 10.2 Å². The first kappa shape index (κ1) is 11.1. The lowest BCUT2D eigenvalue weighted by Crippen LogP contribution is -2.25. The van der Waals surface area contributed by atoms with Gasteiger partial charge in [-0.15, -0.1) is 0 Å². The maximum atomic E-state index is 11.4. The number of carbonyl (C=O) groups is 1. The van der Waals surface area contributed by atoms with E-state index in [1.807, 2.05) is 0 Å². The summed E-state index contributed by atoms with van der Waals surface area (Å²) in [4.78, 5) is 19.1. The quantitative estimate of drug-likeness (QED) is 0.573. The molecular formula is C9H11BrN2O2. The summed E-state index contributed by atoms with van der Waals surface area (Å²) in [5.74, 6) is -0.451. The molecule has 1 rings (SSSR count). The van der Waals surface area contributed by atoms with Crippen LogP contribution in [0.5, 0.6) is 0 Å². The topological polar surface area (TPSA) is 52.1 Å². The number of hydrogen-bond donors (Lipinski definition) is 0. The summed E-state index contributed by atoms with van der Waals surface area (Å²) < 4.78 is 5.66. The summed E-state index contributed by atoms with van der Waals surface area (Å²) in [6.07, 6.45) is 1.50. The van der Waals surface area contributed by atoms with Crippen LogP contribution in [-0.2, 0) is 4.74 Å². The first-order valence-corrected chi connectivity index (χ1v) is 4.90. The average molecular weight is 259 g/mol. The molecule has 0 aliphatic rings. The lowest BCUT2D eigenvalue weighted by molar-refractivity contribution is 0.00553. The van der Waals surface area contributed by atoms with Crippen molar-refractivity contribution in [3.8, 4) is 0 Å². The Balaban J connectivity index is 2.80. The van der Waals surface area contributed by atoms with Crippen molar-refractivity contribution in [2.24, 2.45) is 0 Å². The molecule has 14 heavy (non-hydrogen) atoms. The van der Waals surface area contributed by atoms with Gasteiger partial charge in [0.25, 0.3) is 0 Å². The summed E-state index contributed by atoms with van der Waals surface area (Å²) in [6, 6.07) is 1.65. The van der Waals surface area contributed by atoms with Gasteiger partial charge in [0, 0.05) is 6.20 Å². The van der Waals surface area contributed by atoms with Gasteiger partial charge >= 0.3 is 5.97 Å². The Kier molecular flexibility index (Phi) is 3.21. The van der Waals surface area contributed by atoms with Crippen LogP contribution >= 0.6 is 15.9 Å². The molecule has 0 atom stereocenters. The molecule has 0 bridgehead atoms. The molecule has 0 amide bonds. The van der Waals surface area contributed by atoms with Crippen molar-refractivity contribution in [2.45, 2.75) is 26.4 Å². The van der Waals surface area contributed by atoms with Gasteiger partial charge in [0.2, 0.25) is 5.82 Å². The molecule has 1 heterocycles. The van der Waals surface area contributed by atoms with E-state index in [4.69, 9.17) is 4.74 Å². The van der Waals surface area contributed by atoms with Gasteiger partial charge in [0.05, 0.1) is 0 Å². The average Bonchev–Trinajstić information content (AvgIpc) is 2.01. The Morgan fingerprint density at radius 1 is 1.50 bits per heavy atom. The van der Waals surface area contributed by atoms with Gasteiger partial charge in [-0.3, -0.25) is 0 Å². The van der Waals surface area contributed by atoms with E-state index in [0.717, 1.165) is 0 Å². The second-order valence-corrected chi connectivity index (χ2v) is 4.52. The number of halogens is 1. The first-order chi connectivity index (χ1) is 6.38. The van der Waals surface area contributed by atoms with E-state index in [1.54, 1.807) is 26.8 Å². The number of ether oxygens (including phenoxy) is 1. The highest BCUT2D eigenvalue weighted by Crippen LogP contribution is 2.11. The number of nitrogens with zero attached hydrogens (tertiary/aromatic N) is 2. The fraction of sp³-hybridized carbons (Fsp3) is 0.444. The van der Waals surface area contributed by atoms with Crippen LogP contribution in [0.4, 0.5) is 0 Å². The molecular weight excluding hydrogens is 248 g/mol. The molecule has 0 saturated carbocycles. The fourth-order valence-electron chi connectivity index (χ4n) is 0.759. The van der Waals surface area contributed by atoms with Gasteiger partial charge in [-0.2, -0.15) is 0 Å². The predicted octanol–water partition coefficient (Wildman–Crippen LogP) is 2.19. The normalized spacial score (nSPS) is 11.1. The highest BCUT2D eigenvalue weighted by molar-refractivity contribution is 9.10. The molecule has 0 aromatic carbocycles. The zero-order valence-corrected chi connectivity index (χ0v) is 9.83. The predicted molar refractivity (Wildman–Crippen MR) is 54.9 cm³/mol. The molecule has 0 unspecified atom stereocenters. The zero-order chi connectivity index (χ0) is 10.8. The molecule has 5 heteroatoms. The number of hydrogen-bond acceptors (Lipinski definition) is 4. The molecule has 0 fully saturated rings. The first-order valence-electron chi connectivity index (χ1n) is 4.10. The summed E-state index contributed by atoms with van der Waals surface area (Å²) in [7, 11) is 0.